The lowest BCUT2D eigenvalue weighted by atomic mass is 10.2. The quantitative estimate of drug-likeness (QED) is 0.645. The fourth-order valence-corrected chi connectivity index (χ4v) is 4.86. The minimum atomic E-state index is -3.59. The summed E-state index contributed by atoms with van der Waals surface area (Å²) in [4.78, 5) is 18.8. The van der Waals surface area contributed by atoms with Gasteiger partial charge in [-0.1, -0.05) is 30.3 Å². The number of sulfonamides is 1. The van der Waals surface area contributed by atoms with Gasteiger partial charge in [0.25, 0.3) is 5.91 Å². The average Bonchev–Trinajstić information content (AvgIpc) is 3.22. The zero-order chi connectivity index (χ0) is 20.3. The maximum atomic E-state index is 13.0. The van der Waals surface area contributed by atoms with E-state index in [2.05, 4.69) is 4.98 Å². The van der Waals surface area contributed by atoms with Gasteiger partial charge in [-0.05, 0) is 29.8 Å². The molecule has 1 saturated heterocycles. The molecule has 0 saturated carbocycles. The van der Waals surface area contributed by atoms with Gasteiger partial charge < -0.3 is 9.47 Å². The van der Waals surface area contributed by atoms with Crippen LogP contribution in [0.5, 0.6) is 0 Å². The number of pyridine rings is 1. The average molecular weight is 410 g/mol. The van der Waals surface area contributed by atoms with Gasteiger partial charge >= 0.3 is 0 Å². The van der Waals surface area contributed by atoms with Crippen LogP contribution in [0.15, 0.2) is 78.1 Å². The van der Waals surface area contributed by atoms with Crippen molar-refractivity contribution in [3.05, 3.63) is 84.4 Å². The number of benzene rings is 1. The molecule has 29 heavy (non-hydrogen) atoms. The van der Waals surface area contributed by atoms with E-state index in [0.29, 0.717) is 25.3 Å². The van der Waals surface area contributed by atoms with Gasteiger partial charge in [-0.2, -0.15) is 4.31 Å². The molecular weight excluding hydrogens is 388 g/mol. The van der Waals surface area contributed by atoms with Gasteiger partial charge in [-0.15, -0.1) is 0 Å². The van der Waals surface area contributed by atoms with Crippen LogP contribution in [0.25, 0.3) is 0 Å². The van der Waals surface area contributed by atoms with Crippen molar-refractivity contribution < 1.29 is 13.2 Å². The molecule has 0 atom stereocenters. The SMILES string of the molecule is O=C(c1cccn1Cc1ccccc1)N1CCN(S(=O)(=O)c2cccnc2)CC1. The molecule has 0 aliphatic carbocycles. The molecule has 0 spiro atoms. The third kappa shape index (κ3) is 4.08. The summed E-state index contributed by atoms with van der Waals surface area (Å²) in [7, 11) is -3.59. The first kappa shape index (κ1) is 19.4. The lowest BCUT2D eigenvalue weighted by Crippen LogP contribution is -2.50. The fourth-order valence-electron chi connectivity index (χ4n) is 3.47. The standard InChI is InChI=1S/C21H22N4O3S/c26-21(20-9-5-11-24(20)17-18-6-2-1-3-7-18)23-12-14-25(15-13-23)29(27,28)19-8-4-10-22-16-19/h1-11,16H,12-15,17H2. The summed E-state index contributed by atoms with van der Waals surface area (Å²) < 4.78 is 28.8. The molecular formula is C21H22N4O3S. The van der Waals surface area contributed by atoms with E-state index < -0.39 is 10.0 Å². The maximum Gasteiger partial charge on any atom is 0.270 e. The number of amides is 1. The Balaban J connectivity index is 1.43. The highest BCUT2D eigenvalue weighted by atomic mass is 32.2. The summed E-state index contributed by atoms with van der Waals surface area (Å²) in [6.07, 6.45) is 4.78. The second-order valence-corrected chi connectivity index (χ2v) is 8.83. The summed E-state index contributed by atoms with van der Waals surface area (Å²) in [5.41, 5.74) is 1.72. The highest BCUT2D eigenvalue weighted by Gasteiger charge is 2.31. The highest BCUT2D eigenvalue weighted by molar-refractivity contribution is 7.89. The van der Waals surface area contributed by atoms with E-state index in [1.54, 1.807) is 17.2 Å². The third-order valence-electron chi connectivity index (χ3n) is 5.04. The number of aromatic nitrogens is 2. The minimum Gasteiger partial charge on any atom is -0.339 e. The molecule has 4 rings (SSSR count). The Bertz CT molecular complexity index is 1070. The Morgan fingerprint density at radius 3 is 2.38 bits per heavy atom. The van der Waals surface area contributed by atoms with Gasteiger partial charge in [0.2, 0.25) is 10.0 Å². The Hall–Kier alpha value is -2.97. The molecule has 1 aliphatic heterocycles. The third-order valence-corrected chi connectivity index (χ3v) is 6.92. The lowest BCUT2D eigenvalue weighted by Gasteiger charge is -2.34. The second kappa shape index (κ2) is 8.18. The van der Waals surface area contributed by atoms with Gasteiger partial charge in [0.1, 0.15) is 10.6 Å². The molecule has 7 nitrogen and oxygen atoms in total. The summed E-state index contributed by atoms with van der Waals surface area (Å²) in [5.74, 6) is -0.0793. The first-order chi connectivity index (χ1) is 14.1. The molecule has 3 aromatic rings. The van der Waals surface area contributed by atoms with Gasteiger partial charge in [0.05, 0.1) is 0 Å². The molecule has 1 aliphatic rings. The molecule has 8 heteroatoms. The predicted octanol–water partition coefficient (Wildman–Crippen LogP) is 2.08. The molecule has 0 N–H and O–H groups in total. The van der Waals surface area contributed by atoms with Crippen LogP contribution in [-0.4, -0.2) is 59.3 Å². The largest absolute Gasteiger partial charge is 0.339 e. The zero-order valence-corrected chi connectivity index (χ0v) is 16.7. The number of carbonyl (C=O) groups excluding carboxylic acids is 1. The van der Waals surface area contributed by atoms with E-state index >= 15 is 0 Å². The zero-order valence-electron chi connectivity index (χ0n) is 15.9. The fraction of sp³-hybridized carbons (Fsp3) is 0.238. The van der Waals surface area contributed by atoms with Crippen molar-refractivity contribution >= 4 is 15.9 Å². The van der Waals surface area contributed by atoms with E-state index in [0.717, 1.165) is 5.56 Å². The number of carbonyl (C=O) groups is 1. The van der Waals surface area contributed by atoms with Crippen molar-refractivity contribution in [2.75, 3.05) is 26.2 Å². The van der Waals surface area contributed by atoms with Crippen LogP contribution >= 0.6 is 0 Å². The molecule has 150 valence electrons. The number of hydrogen-bond acceptors (Lipinski definition) is 4. The van der Waals surface area contributed by atoms with E-state index in [1.165, 1.54) is 16.6 Å². The number of hydrogen-bond donors (Lipinski definition) is 0. The molecule has 0 unspecified atom stereocenters. The van der Waals surface area contributed by atoms with Crippen molar-refractivity contribution in [1.82, 2.24) is 18.8 Å². The maximum absolute atomic E-state index is 13.0. The summed E-state index contributed by atoms with van der Waals surface area (Å²) in [6, 6.07) is 16.8. The van der Waals surface area contributed by atoms with Crippen molar-refractivity contribution in [3.63, 3.8) is 0 Å². The van der Waals surface area contributed by atoms with E-state index in [4.69, 9.17) is 0 Å². The summed E-state index contributed by atoms with van der Waals surface area (Å²) in [5, 5.41) is 0. The molecule has 0 radical (unpaired) electrons. The molecule has 3 heterocycles. The van der Waals surface area contributed by atoms with Gasteiger partial charge in [0, 0.05) is 51.3 Å². The summed E-state index contributed by atoms with van der Waals surface area (Å²) >= 11 is 0. The highest BCUT2D eigenvalue weighted by Crippen LogP contribution is 2.18. The summed E-state index contributed by atoms with van der Waals surface area (Å²) in [6.45, 7) is 1.86. The van der Waals surface area contributed by atoms with Gasteiger partial charge in [-0.3, -0.25) is 9.78 Å². The van der Waals surface area contributed by atoms with E-state index in [-0.39, 0.29) is 23.9 Å². The lowest BCUT2D eigenvalue weighted by molar-refractivity contribution is 0.0687. The Labute approximate surface area is 170 Å². The monoisotopic (exact) mass is 410 g/mol. The van der Waals surface area contributed by atoms with Crippen LogP contribution in [-0.2, 0) is 16.6 Å². The topological polar surface area (TPSA) is 75.5 Å². The van der Waals surface area contributed by atoms with Crippen LogP contribution in [0.2, 0.25) is 0 Å². The first-order valence-electron chi connectivity index (χ1n) is 9.44. The van der Waals surface area contributed by atoms with Crippen molar-refractivity contribution in [2.24, 2.45) is 0 Å². The van der Waals surface area contributed by atoms with Crippen molar-refractivity contribution in [2.45, 2.75) is 11.4 Å². The van der Waals surface area contributed by atoms with Gasteiger partial charge in [0.15, 0.2) is 0 Å². The number of nitrogens with zero attached hydrogens (tertiary/aromatic N) is 4. The second-order valence-electron chi connectivity index (χ2n) is 6.89. The smallest absolute Gasteiger partial charge is 0.270 e. The Kier molecular flexibility index (Phi) is 5.46. The van der Waals surface area contributed by atoms with Crippen molar-refractivity contribution in [3.8, 4) is 0 Å². The Morgan fingerprint density at radius 1 is 0.931 bits per heavy atom. The predicted molar refractivity (Wildman–Crippen MR) is 109 cm³/mol. The number of piperazine rings is 1. The van der Waals surface area contributed by atoms with Crippen LogP contribution in [0.4, 0.5) is 0 Å². The van der Waals surface area contributed by atoms with E-state index in [9.17, 15) is 13.2 Å². The molecule has 1 amide bonds. The minimum absolute atomic E-state index is 0.0793. The molecule has 1 fully saturated rings. The van der Waals surface area contributed by atoms with Gasteiger partial charge in [-0.25, -0.2) is 8.42 Å². The van der Waals surface area contributed by atoms with Crippen LogP contribution < -0.4 is 0 Å². The first-order valence-corrected chi connectivity index (χ1v) is 10.9. The van der Waals surface area contributed by atoms with Crippen LogP contribution in [0, 0.1) is 0 Å². The molecule has 2 aromatic heterocycles. The van der Waals surface area contributed by atoms with E-state index in [1.807, 2.05) is 53.2 Å². The Morgan fingerprint density at radius 2 is 1.69 bits per heavy atom. The van der Waals surface area contributed by atoms with Crippen molar-refractivity contribution in [1.29, 1.82) is 0 Å². The number of rotatable bonds is 5. The molecule has 0 bridgehead atoms. The normalized spacial score (nSPS) is 15.4. The van der Waals surface area contributed by atoms with Crippen LogP contribution in [0.1, 0.15) is 16.1 Å². The molecule has 1 aromatic carbocycles. The van der Waals surface area contributed by atoms with Crippen LogP contribution in [0.3, 0.4) is 0 Å².